The summed E-state index contributed by atoms with van der Waals surface area (Å²) < 4.78 is 32.0. The molecule has 1 amide bonds. The average Bonchev–Trinajstić information content (AvgIpc) is 2.96. The van der Waals surface area contributed by atoms with E-state index in [1.807, 2.05) is 19.9 Å². The molecule has 0 saturated carbocycles. The van der Waals surface area contributed by atoms with Crippen LogP contribution in [0.1, 0.15) is 28.2 Å². The van der Waals surface area contributed by atoms with Crippen molar-refractivity contribution in [1.82, 2.24) is 14.9 Å². The molecule has 0 unspecified atom stereocenters. The molecule has 1 aliphatic heterocycles. The number of hydrogen-bond donors (Lipinski definition) is 0. The summed E-state index contributed by atoms with van der Waals surface area (Å²) in [7, 11) is 0. The Kier molecular flexibility index (Phi) is 4.42. The van der Waals surface area contributed by atoms with Crippen molar-refractivity contribution in [3.05, 3.63) is 52.9 Å². The molecule has 3 rings (SSSR count). The lowest BCUT2D eigenvalue weighted by Crippen LogP contribution is -2.31. The number of ether oxygens (including phenoxy) is 1. The zero-order valence-corrected chi connectivity index (χ0v) is 13.4. The van der Waals surface area contributed by atoms with Gasteiger partial charge in [0, 0.05) is 29.9 Å². The van der Waals surface area contributed by atoms with Crippen LogP contribution in [-0.4, -0.2) is 40.0 Å². The molecule has 2 aromatic rings. The predicted octanol–water partition coefficient (Wildman–Crippen LogP) is 2.67. The number of aromatic nitrogens is 2. The number of hydrogen-bond acceptors (Lipinski definition) is 4. The summed E-state index contributed by atoms with van der Waals surface area (Å²) in [4.78, 5) is 22.4. The van der Waals surface area contributed by atoms with Crippen LogP contribution >= 0.6 is 0 Å². The average molecular weight is 333 g/mol. The topological polar surface area (TPSA) is 55.3 Å². The van der Waals surface area contributed by atoms with Crippen molar-refractivity contribution in [2.24, 2.45) is 0 Å². The second-order valence-electron chi connectivity index (χ2n) is 5.84. The van der Waals surface area contributed by atoms with E-state index in [9.17, 15) is 13.6 Å². The molecule has 7 heteroatoms. The van der Waals surface area contributed by atoms with Crippen LogP contribution in [0.3, 0.4) is 0 Å². The van der Waals surface area contributed by atoms with Gasteiger partial charge in [-0.15, -0.1) is 0 Å². The highest BCUT2D eigenvalue weighted by atomic mass is 19.2. The number of rotatable bonds is 3. The second kappa shape index (κ2) is 6.51. The number of likely N-dealkylation sites (tertiary alicyclic amines) is 1. The fourth-order valence-electron chi connectivity index (χ4n) is 2.72. The molecule has 0 bridgehead atoms. The van der Waals surface area contributed by atoms with Gasteiger partial charge in [0.15, 0.2) is 11.6 Å². The van der Waals surface area contributed by atoms with Crippen LogP contribution in [0.15, 0.2) is 24.3 Å². The standard InChI is InChI=1S/C17H17F2N3O2/c1-10-7-11(2)21-17(20-10)24-13-5-6-22(9-13)16(23)12-3-4-14(18)15(19)8-12/h3-4,7-8,13H,5-6,9H2,1-2H3/t13-/m0/s1. The molecular formula is C17H17F2N3O2. The Bertz CT molecular complexity index is 762. The van der Waals surface area contributed by atoms with Crippen LogP contribution in [0.4, 0.5) is 8.78 Å². The van der Waals surface area contributed by atoms with Crippen molar-refractivity contribution in [2.75, 3.05) is 13.1 Å². The van der Waals surface area contributed by atoms with Crippen LogP contribution in [0.25, 0.3) is 0 Å². The summed E-state index contributed by atoms with van der Waals surface area (Å²) in [6.07, 6.45) is 0.409. The molecule has 5 nitrogen and oxygen atoms in total. The van der Waals surface area contributed by atoms with Gasteiger partial charge in [0.2, 0.25) is 0 Å². The van der Waals surface area contributed by atoms with E-state index in [1.54, 1.807) is 4.90 Å². The van der Waals surface area contributed by atoms with Gasteiger partial charge in [-0.3, -0.25) is 4.79 Å². The van der Waals surface area contributed by atoms with E-state index in [0.29, 0.717) is 25.5 Å². The van der Waals surface area contributed by atoms with Crippen LogP contribution < -0.4 is 4.74 Å². The molecule has 1 aromatic heterocycles. The summed E-state index contributed by atoms with van der Waals surface area (Å²) in [5.41, 5.74) is 1.74. The van der Waals surface area contributed by atoms with Gasteiger partial charge < -0.3 is 9.64 Å². The first-order valence-electron chi connectivity index (χ1n) is 7.65. The predicted molar refractivity (Wildman–Crippen MR) is 82.8 cm³/mol. The SMILES string of the molecule is Cc1cc(C)nc(O[C@H]2CCN(C(=O)c3ccc(F)c(F)c3)C2)n1. The minimum Gasteiger partial charge on any atom is -0.458 e. The first-order chi connectivity index (χ1) is 11.4. The lowest BCUT2D eigenvalue weighted by atomic mass is 10.2. The minimum absolute atomic E-state index is 0.122. The van der Waals surface area contributed by atoms with Gasteiger partial charge in [0.25, 0.3) is 5.91 Å². The molecule has 0 aliphatic carbocycles. The van der Waals surface area contributed by atoms with Crippen molar-refractivity contribution in [1.29, 1.82) is 0 Å². The quantitative estimate of drug-likeness (QED) is 0.866. The Labute approximate surface area is 138 Å². The highest BCUT2D eigenvalue weighted by molar-refractivity contribution is 5.94. The Morgan fingerprint density at radius 1 is 1.17 bits per heavy atom. The van der Waals surface area contributed by atoms with E-state index in [1.165, 1.54) is 6.07 Å². The smallest absolute Gasteiger partial charge is 0.317 e. The lowest BCUT2D eigenvalue weighted by molar-refractivity contribution is 0.0769. The lowest BCUT2D eigenvalue weighted by Gasteiger charge is -2.17. The van der Waals surface area contributed by atoms with Crippen LogP contribution in [0.2, 0.25) is 0 Å². The van der Waals surface area contributed by atoms with Crippen LogP contribution in [0, 0.1) is 25.5 Å². The Balaban J connectivity index is 1.66. The number of benzene rings is 1. The first kappa shape index (κ1) is 16.3. The summed E-state index contributed by atoms with van der Waals surface area (Å²) in [5.74, 6) is -2.35. The molecule has 0 radical (unpaired) electrons. The number of carbonyl (C=O) groups is 1. The molecule has 24 heavy (non-hydrogen) atoms. The Hall–Kier alpha value is -2.57. The van der Waals surface area contributed by atoms with E-state index in [-0.39, 0.29) is 17.6 Å². The minimum atomic E-state index is -1.03. The van der Waals surface area contributed by atoms with E-state index in [0.717, 1.165) is 23.5 Å². The van der Waals surface area contributed by atoms with E-state index >= 15 is 0 Å². The van der Waals surface area contributed by atoms with Gasteiger partial charge in [0.1, 0.15) is 6.10 Å². The number of halogens is 2. The maximum Gasteiger partial charge on any atom is 0.317 e. The zero-order chi connectivity index (χ0) is 17.3. The third-order valence-corrected chi connectivity index (χ3v) is 3.83. The summed E-state index contributed by atoms with van der Waals surface area (Å²) in [6.45, 7) is 4.55. The third kappa shape index (κ3) is 3.50. The summed E-state index contributed by atoms with van der Waals surface area (Å²) in [5, 5.41) is 0. The number of carbonyl (C=O) groups excluding carboxylic acids is 1. The van der Waals surface area contributed by atoms with Gasteiger partial charge in [-0.2, -0.15) is 0 Å². The monoisotopic (exact) mass is 333 g/mol. The van der Waals surface area contributed by atoms with Gasteiger partial charge >= 0.3 is 6.01 Å². The van der Waals surface area contributed by atoms with Gasteiger partial charge in [-0.05, 0) is 38.1 Å². The first-order valence-corrected chi connectivity index (χ1v) is 7.65. The van der Waals surface area contributed by atoms with Gasteiger partial charge in [0.05, 0.1) is 6.54 Å². The number of aryl methyl sites for hydroxylation is 2. The molecule has 0 N–H and O–H groups in total. The molecule has 1 aromatic carbocycles. The summed E-state index contributed by atoms with van der Waals surface area (Å²) in [6, 6.07) is 5.29. The fourth-order valence-corrected chi connectivity index (χ4v) is 2.72. The van der Waals surface area contributed by atoms with Crippen molar-refractivity contribution < 1.29 is 18.3 Å². The number of amides is 1. The molecule has 1 saturated heterocycles. The van der Waals surface area contributed by atoms with Gasteiger partial charge in [-0.25, -0.2) is 18.7 Å². The molecule has 1 atom stereocenters. The van der Waals surface area contributed by atoms with Crippen LogP contribution in [-0.2, 0) is 0 Å². The fraction of sp³-hybridized carbons (Fsp3) is 0.353. The highest BCUT2D eigenvalue weighted by Crippen LogP contribution is 2.19. The Morgan fingerprint density at radius 2 is 1.88 bits per heavy atom. The summed E-state index contributed by atoms with van der Waals surface area (Å²) >= 11 is 0. The van der Waals surface area contributed by atoms with Crippen molar-refractivity contribution in [2.45, 2.75) is 26.4 Å². The maximum atomic E-state index is 13.3. The number of nitrogens with zero attached hydrogens (tertiary/aromatic N) is 3. The molecule has 1 fully saturated rings. The molecule has 126 valence electrons. The Morgan fingerprint density at radius 3 is 2.54 bits per heavy atom. The third-order valence-electron chi connectivity index (χ3n) is 3.83. The molecule has 1 aliphatic rings. The van der Waals surface area contributed by atoms with Crippen molar-refractivity contribution in [3.8, 4) is 6.01 Å². The highest BCUT2D eigenvalue weighted by Gasteiger charge is 2.29. The van der Waals surface area contributed by atoms with E-state index in [2.05, 4.69) is 9.97 Å². The largest absolute Gasteiger partial charge is 0.458 e. The second-order valence-corrected chi connectivity index (χ2v) is 5.84. The molecular weight excluding hydrogens is 316 g/mol. The molecule has 2 heterocycles. The normalized spacial score (nSPS) is 17.2. The van der Waals surface area contributed by atoms with E-state index in [4.69, 9.17) is 4.74 Å². The zero-order valence-electron chi connectivity index (χ0n) is 13.4. The van der Waals surface area contributed by atoms with Crippen molar-refractivity contribution >= 4 is 5.91 Å². The van der Waals surface area contributed by atoms with Crippen LogP contribution in [0.5, 0.6) is 6.01 Å². The molecule has 0 spiro atoms. The van der Waals surface area contributed by atoms with E-state index < -0.39 is 11.6 Å². The van der Waals surface area contributed by atoms with Crippen molar-refractivity contribution in [3.63, 3.8) is 0 Å². The van der Waals surface area contributed by atoms with Gasteiger partial charge in [-0.1, -0.05) is 0 Å². The maximum absolute atomic E-state index is 13.3.